The Balaban J connectivity index is -0.000000175. The first-order valence-corrected chi connectivity index (χ1v) is 5.31. The van der Waals surface area contributed by atoms with Crippen molar-refractivity contribution in [3.8, 4) is 0 Å². The highest BCUT2D eigenvalue weighted by Gasteiger charge is 2.10. The van der Waals surface area contributed by atoms with E-state index in [9.17, 15) is 0 Å². The summed E-state index contributed by atoms with van der Waals surface area (Å²) >= 11 is 0. The molecule has 2 N–H and O–H groups in total. The average molecular weight is 175 g/mol. The van der Waals surface area contributed by atoms with E-state index >= 15 is 0 Å². The molecule has 0 aromatic rings. The zero-order valence-electron chi connectivity index (χ0n) is 10.3. The Bertz CT molecular complexity index is 50.0. The monoisotopic (exact) mass is 175 g/mol. The van der Waals surface area contributed by atoms with Crippen LogP contribution < -0.4 is 5.73 Å². The van der Waals surface area contributed by atoms with Gasteiger partial charge in [0.2, 0.25) is 0 Å². The van der Waals surface area contributed by atoms with Crippen molar-refractivity contribution in [3.63, 3.8) is 0 Å². The Morgan fingerprint density at radius 1 is 0.667 bits per heavy atom. The zero-order chi connectivity index (χ0) is 10.7. The second-order valence-corrected chi connectivity index (χ2v) is 3.07. The number of rotatable bonds is 2. The molecule has 0 aromatic carbocycles. The van der Waals surface area contributed by atoms with Crippen LogP contribution in [0.25, 0.3) is 0 Å². The van der Waals surface area contributed by atoms with Gasteiger partial charge in [0.05, 0.1) is 0 Å². The largest absolute Gasteiger partial charge is 0.327 e. The molecule has 0 bridgehead atoms. The van der Waals surface area contributed by atoms with Crippen molar-refractivity contribution >= 4 is 0 Å². The second-order valence-electron chi connectivity index (χ2n) is 3.07. The molecule has 0 aliphatic carbocycles. The predicted molar refractivity (Wildman–Crippen MR) is 60.3 cm³/mol. The fourth-order valence-corrected chi connectivity index (χ4v) is 0.770. The molecule has 0 spiro atoms. The van der Waals surface area contributed by atoms with E-state index in [0.29, 0.717) is 17.9 Å². The third kappa shape index (κ3) is 12.6. The molecule has 1 heteroatoms. The van der Waals surface area contributed by atoms with E-state index in [4.69, 9.17) is 5.73 Å². The Kier molecular flexibility index (Phi) is 20.2. The maximum absolute atomic E-state index is 5.76. The normalized spacial score (nSPS) is 9.00. The van der Waals surface area contributed by atoms with Crippen molar-refractivity contribution < 1.29 is 0 Å². The summed E-state index contributed by atoms with van der Waals surface area (Å²) in [4.78, 5) is 0. The number of nitrogens with two attached hydrogens (primary N) is 1. The second kappa shape index (κ2) is 13.5. The van der Waals surface area contributed by atoms with Gasteiger partial charge in [0.1, 0.15) is 0 Å². The summed E-state index contributed by atoms with van der Waals surface area (Å²) < 4.78 is 0. The van der Waals surface area contributed by atoms with Crippen molar-refractivity contribution in [1.29, 1.82) is 0 Å². The van der Waals surface area contributed by atoms with Gasteiger partial charge in [-0.2, -0.15) is 0 Å². The molecule has 0 aromatic heterocycles. The minimum absolute atomic E-state index is 0.370. The molecule has 1 nitrogen and oxygen atoms in total. The Morgan fingerprint density at radius 3 is 0.833 bits per heavy atom. The van der Waals surface area contributed by atoms with Crippen molar-refractivity contribution in [2.45, 2.75) is 61.4 Å². The van der Waals surface area contributed by atoms with Crippen LogP contribution in [0.15, 0.2) is 0 Å². The smallest absolute Gasteiger partial charge is 0.00851 e. The summed E-state index contributed by atoms with van der Waals surface area (Å²) in [6, 6.07) is 0.370. The predicted octanol–water partition coefficient (Wildman–Crippen LogP) is 3.68. The highest BCUT2D eigenvalue weighted by molar-refractivity contribution is 4.67. The van der Waals surface area contributed by atoms with E-state index < -0.39 is 0 Å². The Hall–Kier alpha value is -0.0400. The fourth-order valence-electron chi connectivity index (χ4n) is 0.770. The lowest BCUT2D eigenvalue weighted by atomic mass is 9.95. The van der Waals surface area contributed by atoms with E-state index in [2.05, 4.69) is 27.7 Å². The average Bonchev–Trinajstić information content (AvgIpc) is 2.10. The minimum atomic E-state index is 0.370. The van der Waals surface area contributed by atoms with E-state index in [1.54, 1.807) is 0 Å². The van der Waals surface area contributed by atoms with E-state index in [1.165, 1.54) is 0 Å². The standard InChI is InChI=1S/C7H17N.2C2H6/c1-5(2)7(8)6(3)4;2*1-2/h5-7H,8H2,1-4H3;2*1-2H3. The first-order chi connectivity index (χ1) is 5.55. The van der Waals surface area contributed by atoms with Crippen LogP contribution in [-0.2, 0) is 0 Å². The Labute approximate surface area is 79.7 Å². The van der Waals surface area contributed by atoms with Crippen LogP contribution in [-0.4, -0.2) is 6.04 Å². The lowest BCUT2D eigenvalue weighted by molar-refractivity contribution is 0.386. The molecule has 0 saturated carbocycles. The van der Waals surface area contributed by atoms with Crippen molar-refractivity contribution in [2.75, 3.05) is 0 Å². The van der Waals surface area contributed by atoms with Gasteiger partial charge >= 0.3 is 0 Å². The third-order valence-corrected chi connectivity index (χ3v) is 1.54. The van der Waals surface area contributed by atoms with Gasteiger partial charge < -0.3 is 5.73 Å². The molecule has 0 radical (unpaired) electrons. The van der Waals surface area contributed by atoms with Crippen molar-refractivity contribution in [1.82, 2.24) is 0 Å². The number of hydrogen-bond donors (Lipinski definition) is 1. The quantitative estimate of drug-likeness (QED) is 0.680. The van der Waals surface area contributed by atoms with E-state index in [1.807, 2.05) is 27.7 Å². The molecule has 0 saturated heterocycles. The Morgan fingerprint density at radius 2 is 0.833 bits per heavy atom. The van der Waals surface area contributed by atoms with Gasteiger partial charge in [0.15, 0.2) is 0 Å². The molecule has 0 aliphatic rings. The molecular formula is C11H29N. The summed E-state index contributed by atoms with van der Waals surface area (Å²) in [5.74, 6) is 1.24. The van der Waals surface area contributed by atoms with Crippen LogP contribution in [0.2, 0.25) is 0 Å². The first-order valence-electron chi connectivity index (χ1n) is 5.31. The topological polar surface area (TPSA) is 26.0 Å². The van der Waals surface area contributed by atoms with Gasteiger partial charge in [-0.05, 0) is 11.8 Å². The maximum Gasteiger partial charge on any atom is 0.00851 e. The lowest BCUT2D eigenvalue weighted by Gasteiger charge is -2.18. The fraction of sp³-hybridized carbons (Fsp3) is 1.00. The summed E-state index contributed by atoms with van der Waals surface area (Å²) in [7, 11) is 0. The van der Waals surface area contributed by atoms with Gasteiger partial charge in [-0.25, -0.2) is 0 Å². The molecule has 78 valence electrons. The molecule has 0 unspecified atom stereocenters. The molecule has 0 aliphatic heterocycles. The van der Waals surface area contributed by atoms with Gasteiger partial charge in [-0.15, -0.1) is 0 Å². The van der Waals surface area contributed by atoms with Crippen molar-refractivity contribution in [3.05, 3.63) is 0 Å². The SMILES string of the molecule is CC.CC.CC(C)C(N)C(C)C. The highest BCUT2D eigenvalue weighted by Crippen LogP contribution is 2.07. The van der Waals surface area contributed by atoms with Crippen LogP contribution >= 0.6 is 0 Å². The first kappa shape index (κ1) is 17.9. The van der Waals surface area contributed by atoms with E-state index in [-0.39, 0.29) is 0 Å². The molecule has 0 fully saturated rings. The van der Waals surface area contributed by atoms with Crippen molar-refractivity contribution in [2.24, 2.45) is 17.6 Å². The minimum Gasteiger partial charge on any atom is -0.327 e. The summed E-state index contributed by atoms with van der Waals surface area (Å²) in [6.45, 7) is 16.6. The molecular weight excluding hydrogens is 146 g/mol. The number of hydrogen-bond acceptors (Lipinski definition) is 1. The highest BCUT2D eigenvalue weighted by atomic mass is 14.6. The lowest BCUT2D eigenvalue weighted by Crippen LogP contribution is -2.31. The molecule has 0 amide bonds. The summed E-state index contributed by atoms with van der Waals surface area (Å²) in [5.41, 5.74) is 5.76. The van der Waals surface area contributed by atoms with Gasteiger partial charge in [0.25, 0.3) is 0 Å². The van der Waals surface area contributed by atoms with Gasteiger partial charge in [-0.3, -0.25) is 0 Å². The van der Waals surface area contributed by atoms with E-state index in [0.717, 1.165) is 0 Å². The van der Waals surface area contributed by atoms with Crippen LogP contribution in [0.5, 0.6) is 0 Å². The summed E-state index contributed by atoms with van der Waals surface area (Å²) in [6.07, 6.45) is 0. The maximum atomic E-state index is 5.76. The van der Waals surface area contributed by atoms with Gasteiger partial charge in [0, 0.05) is 6.04 Å². The van der Waals surface area contributed by atoms with Gasteiger partial charge in [-0.1, -0.05) is 55.4 Å². The van der Waals surface area contributed by atoms with Crippen LogP contribution in [0.3, 0.4) is 0 Å². The third-order valence-electron chi connectivity index (χ3n) is 1.54. The molecule has 0 heterocycles. The van der Waals surface area contributed by atoms with Crippen LogP contribution in [0.4, 0.5) is 0 Å². The van der Waals surface area contributed by atoms with Crippen LogP contribution in [0, 0.1) is 11.8 Å². The summed E-state index contributed by atoms with van der Waals surface area (Å²) in [5, 5.41) is 0. The molecule has 12 heavy (non-hydrogen) atoms. The molecule has 0 atom stereocenters. The van der Waals surface area contributed by atoms with Crippen LogP contribution in [0.1, 0.15) is 55.4 Å². The molecule has 0 rings (SSSR count). The zero-order valence-corrected chi connectivity index (χ0v) is 10.3.